The highest BCUT2D eigenvalue weighted by Crippen LogP contribution is 2.11. The molecule has 1 aromatic rings. The van der Waals surface area contributed by atoms with Gasteiger partial charge >= 0.3 is 0 Å². The summed E-state index contributed by atoms with van der Waals surface area (Å²) in [5, 5.41) is 0.665. The zero-order valence-electron chi connectivity index (χ0n) is 13.1. The number of nitrogens with zero attached hydrogens (tertiary/aromatic N) is 2. The lowest BCUT2D eigenvalue weighted by molar-refractivity contribution is -0.127. The molecule has 2 rings (SSSR count). The molecule has 7 heteroatoms. The summed E-state index contributed by atoms with van der Waals surface area (Å²) in [6.45, 7) is 3.18. The van der Waals surface area contributed by atoms with Gasteiger partial charge in [-0.05, 0) is 23.8 Å². The van der Waals surface area contributed by atoms with Crippen molar-refractivity contribution < 1.29 is 13.2 Å². The number of piperazine rings is 1. The average molecular weight is 357 g/mol. The van der Waals surface area contributed by atoms with E-state index < -0.39 is 9.84 Å². The molecule has 0 radical (unpaired) electrons. The first-order chi connectivity index (χ1) is 10.8. The van der Waals surface area contributed by atoms with E-state index in [1.165, 1.54) is 6.26 Å². The van der Waals surface area contributed by atoms with Gasteiger partial charge in [-0.2, -0.15) is 0 Å². The van der Waals surface area contributed by atoms with Crippen LogP contribution in [0.3, 0.4) is 0 Å². The largest absolute Gasteiger partial charge is 0.337 e. The molecule has 5 nitrogen and oxygen atoms in total. The van der Waals surface area contributed by atoms with Crippen LogP contribution in [0.1, 0.15) is 5.56 Å². The van der Waals surface area contributed by atoms with Gasteiger partial charge in [0.1, 0.15) is 9.84 Å². The highest BCUT2D eigenvalue weighted by atomic mass is 35.5. The molecule has 0 saturated carbocycles. The molecule has 0 bridgehead atoms. The molecular formula is C16H21ClN2O3S. The van der Waals surface area contributed by atoms with E-state index >= 15 is 0 Å². The predicted octanol–water partition coefficient (Wildman–Crippen LogP) is 1.54. The van der Waals surface area contributed by atoms with Crippen LogP contribution in [0.5, 0.6) is 0 Å². The molecule has 0 atom stereocenters. The van der Waals surface area contributed by atoms with Crippen LogP contribution in [0.25, 0.3) is 6.08 Å². The van der Waals surface area contributed by atoms with E-state index in [1.807, 2.05) is 12.1 Å². The Kier molecular flexibility index (Phi) is 6.21. The fraction of sp³-hybridized carbons (Fsp3) is 0.438. The van der Waals surface area contributed by atoms with Crippen molar-refractivity contribution in [2.24, 2.45) is 0 Å². The van der Waals surface area contributed by atoms with E-state index in [9.17, 15) is 13.2 Å². The Bertz CT molecular complexity index is 663. The molecule has 1 aliphatic rings. The molecule has 1 saturated heterocycles. The highest BCUT2D eigenvalue weighted by molar-refractivity contribution is 7.90. The van der Waals surface area contributed by atoms with Gasteiger partial charge in [0, 0.05) is 50.1 Å². The standard InChI is InChI=1S/C16H21ClN2O3S/c1-23(21,22)13-12-18-8-10-19(11-9-18)16(20)7-4-14-2-5-15(17)6-3-14/h2-7H,8-13H2,1H3/b7-4+. The van der Waals surface area contributed by atoms with E-state index in [0.717, 1.165) is 5.56 Å². The summed E-state index contributed by atoms with van der Waals surface area (Å²) in [4.78, 5) is 16.0. The predicted molar refractivity (Wildman–Crippen MR) is 93.2 cm³/mol. The lowest BCUT2D eigenvalue weighted by Gasteiger charge is -2.34. The third kappa shape index (κ3) is 6.33. The summed E-state index contributed by atoms with van der Waals surface area (Å²) in [5.74, 6) is 0.139. The molecule has 1 amide bonds. The maximum absolute atomic E-state index is 12.2. The van der Waals surface area contributed by atoms with Gasteiger partial charge in [0.2, 0.25) is 5.91 Å². The van der Waals surface area contributed by atoms with Crippen LogP contribution in [0.15, 0.2) is 30.3 Å². The van der Waals surface area contributed by atoms with Gasteiger partial charge in [-0.25, -0.2) is 8.42 Å². The second kappa shape index (κ2) is 7.95. The SMILES string of the molecule is CS(=O)(=O)CCN1CCN(C(=O)/C=C/c2ccc(Cl)cc2)CC1. The van der Waals surface area contributed by atoms with E-state index in [0.29, 0.717) is 37.7 Å². The number of carbonyl (C=O) groups is 1. The van der Waals surface area contributed by atoms with Gasteiger partial charge in [0.25, 0.3) is 0 Å². The number of amides is 1. The second-order valence-corrected chi connectivity index (χ2v) is 8.38. The lowest BCUT2D eigenvalue weighted by Crippen LogP contribution is -2.49. The van der Waals surface area contributed by atoms with E-state index in [4.69, 9.17) is 11.6 Å². The van der Waals surface area contributed by atoms with Crippen molar-refractivity contribution in [1.82, 2.24) is 9.80 Å². The summed E-state index contributed by atoms with van der Waals surface area (Å²) < 4.78 is 22.4. The third-order valence-electron chi connectivity index (χ3n) is 3.75. The normalized spacial score (nSPS) is 16.9. The summed E-state index contributed by atoms with van der Waals surface area (Å²) in [6, 6.07) is 7.28. The van der Waals surface area contributed by atoms with E-state index in [-0.39, 0.29) is 11.7 Å². The maximum atomic E-state index is 12.2. The Labute approximate surface area is 142 Å². The van der Waals surface area contributed by atoms with Crippen molar-refractivity contribution >= 4 is 33.4 Å². The molecule has 0 aliphatic carbocycles. The molecule has 0 spiro atoms. The monoisotopic (exact) mass is 356 g/mol. The Morgan fingerprint density at radius 1 is 1.17 bits per heavy atom. The summed E-state index contributed by atoms with van der Waals surface area (Å²) in [5.41, 5.74) is 0.925. The Balaban J connectivity index is 1.80. The van der Waals surface area contributed by atoms with Crippen molar-refractivity contribution in [1.29, 1.82) is 0 Å². The summed E-state index contributed by atoms with van der Waals surface area (Å²) in [7, 11) is -2.94. The zero-order chi connectivity index (χ0) is 16.9. The minimum Gasteiger partial charge on any atom is -0.337 e. The quantitative estimate of drug-likeness (QED) is 0.751. The average Bonchev–Trinajstić information content (AvgIpc) is 2.52. The maximum Gasteiger partial charge on any atom is 0.246 e. The molecule has 0 unspecified atom stereocenters. The Hall–Kier alpha value is -1.37. The van der Waals surface area contributed by atoms with Crippen LogP contribution in [0.2, 0.25) is 5.02 Å². The third-order valence-corrected chi connectivity index (χ3v) is 4.93. The van der Waals surface area contributed by atoms with Crippen LogP contribution >= 0.6 is 11.6 Å². The number of sulfone groups is 1. The number of rotatable bonds is 5. The van der Waals surface area contributed by atoms with Crippen molar-refractivity contribution in [3.63, 3.8) is 0 Å². The van der Waals surface area contributed by atoms with E-state index in [1.54, 1.807) is 29.2 Å². The topological polar surface area (TPSA) is 57.7 Å². The lowest BCUT2D eigenvalue weighted by atomic mass is 10.2. The summed E-state index contributed by atoms with van der Waals surface area (Å²) >= 11 is 5.82. The fourth-order valence-electron chi connectivity index (χ4n) is 2.33. The van der Waals surface area contributed by atoms with Crippen LogP contribution in [0.4, 0.5) is 0 Å². The Morgan fingerprint density at radius 3 is 2.35 bits per heavy atom. The van der Waals surface area contributed by atoms with Crippen LogP contribution in [-0.4, -0.2) is 68.9 Å². The Morgan fingerprint density at radius 2 is 1.78 bits per heavy atom. The van der Waals surface area contributed by atoms with Gasteiger partial charge in [0.15, 0.2) is 0 Å². The van der Waals surface area contributed by atoms with Crippen LogP contribution in [0, 0.1) is 0 Å². The molecule has 1 fully saturated rings. The zero-order valence-corrected chi connectivity index (χ0v) is 14.7. The first-order valence-electron chi connectivity index (χ1n) is 7.46. The minimum absolute atomic E-state index is 0.0253. The number of hydrogen-bond donors (Lipinski definition) is 0. The molecule has 0 N–H and O–H groups in total. The summed E-state index contributed by atoms with van der Waals surface area (Å²) in [6.07, 6.45) is 4.58. The molecule has 1 aliphatic heterocycles. The fourth-order valence-corrected chi connectivity index (χ4v) is 3.05. The van der Waals surface area contributed by atoms with Gasteiger partial charge in [-0.1, -0.05) is 23.7 Å². The van der Waals surface area contributed by atoms with Crippen molar-refractivity contribution in [2.45, 2.75) is 0 Å². The van der Waals surface area contributed by atoms with Crippen LogP contribution in [-0.2, 0) is 14.6 Å². The van der Waals surface area contributed by atoms with Crippen LogP contribution < -0.4 is 0 Å². The molecule has 23 heavy (non-hydrogen) atoms. The number of halogens is 1. The van der Waals surface area contributed by atoms with Gasteiger partial charge < -0.3 is 4.90 Å². The first kappa shape index (κ1) is 18.0. The van der Waals surface area contributed by atoms with Gasteiger partial charge in [0.05, 0.1) is 5.75 Å². The number of benzene rings is 1. The number of hydrogen-bond acceptors (Lipinski definition) is 4. The van der Waals surface area contributed by atoms with Crippen molar-refractivity contribution in [2.75, 3.05) is 44.7 Å². The van der Waals surface area contributed by atoms with Crippen molar-refractivity contribution in [3.05, 3.63) is 40.9 Å². The van der Waals surface area contributed by atoms with Crippen molar-refractivity contribution in [3.8, 4) is 0 Å². The second-order valence-electron chi connectivity index (χ2n) is 5.68. The van der Waals surface area contributed by atoms with Gasteiger partial charge in [-0.15, -0.1) is 0 Å². The first-order valence-corrected chi connectivity index (χ1v) is 9.90. The molecule has 1 aromatic carbocycles. The van der Waals surface area contributed by atoms with Gasteiger partial charge in [-0.3, -0.25) is 9.69 Å². The molecular weight excluding hydrogens is 336 g/mol. The molecule has 126 valence electrons. The molecule has 0 aromatic heterocycles. The highest BCUT2D eigenvalue weighted by Gasteiger charge is 2.20. The smallest absolute Gasteiger partial charge is 0.246 e. The molecule has 1 heterocycles. The minimum atomic E-state index is -2.94. The number of carbonyl (C=O) groups excluding carboxylic acids is 1. The van der Waals surface area contributed by atoms with E-state index in [2.05, 4.69) is 4.90 Å².